The van der Waals surface area contributed by atoms with E-state index in [9.17, 15) is 10.1 Å². The third-order valence-corrected chi connectivity index (χ3v) is 4.64. The molecular formula is C16H9ClN8O2. The number of benzene rings is 2. The van der Waals surface area contributed by atoms with Crippen LogP contribution in [0.3, 0.4) is 0 Å². The summed E-state index contributed by atoms with van der Waals surface area (Å²) in [7, 11) is 0. The fourth-order valence-corrected chi connectivity index (χ4v) is 3.42. The molecule has 0 saturated carbocycles. The van der Waals surface area contributed by atoms with Crippen LogP contribution in [-0.4, -0.2) is 39.7 Å². The van der Waals surface area contributed by atoms with E-state index in [2.05, 4.69) is 25.6 Å². The molecular weight excluding hydrogens is 372 g/mol. The van der Waals surface area contributed by atoms with Gasteiger partial charge < -0.3 is 0 Å². The van der Waals surface area contributed by atoms with Gasteiger partial charge in [0.05, 0.1) is 22.5 Å². The summed E-state index contributed by atoms with van der Waals surface area (Å²) in [4.78, 5) is 11.5. The number of hydrogen-bond acceptors (Lipinski definition) is 7. The Hall–Kier alpha value is -3.66. The minimum atomic E-state index is -0.443. The first kappa shape index (κ1) is 15.6. The Morgan fingerprint density at radius 3 is 2.85 bits per heavy atom. The monoisotopic (exact) mass is 380 g/mol. The molecule has 5 rings (SSSR count). The van der Waals surface area contributed by atoms with E-state index in [0.29, 0.717) is 21.9 Å². The van der Waals surface area contributed by atoms with Crippen molar-refractivity contribution in [3.05, 3.63) is 63.6 Å². The van der Waals surface area contributed by atoms with Crippen LogP contribution in [0.2, 0.25) is 5.15 Å². The largest absolute Gasteiger partial charge is 0.286 e. The highest BCUT2D eigenvalue weighted by atomic mass is 35.5. The molecule has 5 aromatic rings. The molecule has 2 aromatic carbocycles. The molecule has 0 unspecified atom stereocenters. The minimum Gasteiger partial charge on any atom is -0.258 e. The average Bonchev–Trinajstić information content (AvgIpc) is 3.28. The number of rotatable bonds is 3. The lowest BCUT2D eigenvalue weighted by Crippen LogP contribution is -2.06. The number of fused-ring (bicyclic) bond motifs is 4. The van der Waals surface area contributed by atoms with Gasteiger partial charge in [0.1, 0.15) is 17.2 Å². The summed E-state index contributed by atoms with van der Waals surface area (Å²) >= 11 is 6.21. The summed E-state index contributed by atoms with van der Waals surface area (Å²) in [5, 5.41) is 32.9. The van der Waals surface area contributed by atoms with Crippen LogP contribution in [0.5, 0.6) is 0 Å². The Bertz CT molecular complexity index is 1360. The zero-order valence-corrected chi connectivity index (χ0v) is 14.3. The van der Waals surface area contributed by atoms with Gasteiger partial charge in [-0.1, -0.05) is 35.0 Å². The molecule has 3 aromatic heterocycles. The van der Waals surface area contributed by atoms with Gasteiger partial charge >= 0.3 is 0 Å². The molecule has 3 heterocycles. The topological polar surface area (TPSA) is 117 Å². The van der Waals surface area contributed by atoms with Crippen LogP contribution in [0.25, 0.3) is 27.5 Å². The standard InChI is InChI=1S/C16H9ClN8O2/c17-15-10-6-5-9(7-23-12-4-2-1-3-11(12)19-22-23)14(25(26)27)13(10)16-20-18-8-24(16)21-15/h1-6,8H,7H2. The summed E-state index contributed by atoms with van der Waals surface area (Å²) in [5.41, 5.74) is 2.12. The highest BCUT2D eigenvalue weighted by Crippen LogP contribution is 2.35. The lowest BCUT2D eigenvalue weighted by molar-refractivity contribution is -0.383. The van der Waals surface area contributed by atoms with Crippen LogP contribution in [0, 0.1) is 10.1 Å². The van der Waals surface area contributed by atoms with Gasteiger partial charge in [0.25, 0.3) is 5.69 Å². The molecule has 11 heteroatoms. The van der Waals surface area contributed by atoms with Crippen molar-refractivity contribution in [1.82, 2.24) is 34.8 Å². The maximum Gasteiger partial charge on any atom is 0.286 e. The van der Waals surface area contributed by atoms with Gasteiger partial charge in [-0.05, 0) is 18.2 Å². The Balaban J connectivity index is 1.80. The number of nitro groups is 1. The average molecular weight is 381 g/mol. The summed E-state index contributed by atoms with van der Waals surface area (Å²) in [5.74, 6) is 0. The first-order valence-corrected chi connectivity index (χ1v) is 8.25. The quantitative estimate of drug-likeness (QED) is 0.348. The number of para-hydroxylation sites is 1. The third kappa shape index (κ3) is 2.30. The van der Waals surface area contributed by atoms with Crippen LogP contribution in [0.15, 0.2) is 42.7 Å². The first-order valence-electron chi connectivity index (χ1n) is 7.87. The summed E-state index contributed by atoms with van der Waals surface area (Å²) < 4.78 is 2.94. The maximum absolute atomic E-state index is 11.9. The van der Waals surface area contributed by atoms with E-state index in [4.69, 9.17) is 11.6 Å². The highest BCUT2D eigenvalue weighted by Gasteiger charge is 2.25. The summed E-state index contributed by atoms with van der Waals surface area (Å²) in [6.07, 6.45) is 1.35. The van der Waals surface area contributed by atoms with E-state index in [1.807, 2.05) is 24.3 Å². The molecule has 10 nitrogen and oxygen atoms in total. The number of hydrogen-bond donors (Lipinski definition) is 0. The zero-order chi connectivity index (χ0) is 18.5. The lowest BCUT2D eigenvalue weighted by Gasteiger charge is -2.08. The zero-order valence-electron chi connectivity index (χ0n) is 13.5. The summed E-state index contributed by atoms with van der Waals surface area (Å²) in [6.45, 7) is 0.174. The SMILES string of the molecule is O=[N+]([O-])c1c(Cn2nnc3ccccc32)ccc2c(Cl)nn3cnnc3c12. The molecule has 0 amide bonds. The third-order valence-electron chi connectivity index (χ3n) is 4.36. The Labute approximate surface area is 155 Å². The molecule has 0 aliphatic rings. The van der Waals surface area contributed by atoms with E-state index in [1.165, 1.54) is 10.8 Å². The normalized spacial score (nSPS) is 11.6. The van der Waals surface area contributed by atoms with E-state index in [-0.39, 0.29) is 23.0 Å². The van der Waals surface area contributed by atoms with E-state index >= 15 is 0 Å². The molecule has 0 bridgehead atoms. The van der Waals surface area contributed by atoms with E-state index in [0.717, 1.165) is 5.52 Å². The molecule has 27 heavy (non-hydrogen) atoms. The van der Waals surface area contributed by atoms with Gasteiger partial charge in [-0.25, -0.2) is 4.68 Å². The van der Waals surface area contributed by atoms with Crippen LogP contribution >= 0.6 is 11.6 Å². The minimum absolute atomic E-state index is 0.102. The van der Waals surface area contributed by atoms with Crippen molar-refractivity contribution in [1.29, 1.82) is 0 Å². The van der Waals surface area contributed by atoms with Crippen molar-refractivity contribution in [3.8, 4) is 0 Å². The van der Waals surface area contributed by atoms with Crippen LogP contribution < -0.4 is 0 Å². The molecule has 0 fully saturated rings. The molecule has 0 atom stereocenters. The van der Waals surface area contributed by atoms with E-state index in [1.54, 1.807) is 16.8 Å². The number of halogens is 1. The van der Waals surface area contributed by atoms with Crippen LogP contribution in [0.4, 0.5) is 5.69 Å². The molecule has 0 saturated heterocycles. The van der Waals surface area contributed by atoms with E-state index < -0.39 is 4.92 Å². The number of nitro benzene ring substituents is 1. The second-order valence-electron chi connectivity index (χ2n) is 5.88. The predicted molar refractivity (Wildman–Crippen MR) is 96.6 cm³/mol. The second kappa shape index (κ2) is 5.68. The fourth-order valence-electron chi connectivity index (χ4n) is 3.18. The van der Waals surface area contributed by atoms with Gasteiger partial charge in [0, 0.05) is 5.39 Å². The van der Waals surface area contributed by atoms with Crippen molar-refractivity contribution in [2.75, 3.05) is 0 Å². The fraction of sp³-hybridized carbons (Fsp3) is 0.0625. The molecule has 0 spiro atoms. The van der Waals surface area contributed by atoms with Gasteiger partial charge in [-0.2, -0.15) is 9.61 Å². The first-order chi connectivity index (χ1) is 13.1. The Morgan fingerprint density at radius 1 is 1.15 bits per heavy atom. The van der Waals surface area contributed by atoms with Crippen molar-refractivity contribution >= 4 is 44.7 Å². The number of nitrogens with zero attached hydrogens (tertiary/aromatic N) is 8. The van der Waals surface area contributed by atoms with Gasteiger partial charge in [-0.15, -0.1) is 15.3 Å². The maximum atomic E-state index is 11.9. The Kier molecular flexibility index (Phi) is 3.28. The Morgan fingerprint density at radius 2 is 2.00 bits per heavy atom. The molecule has 0 N–H and O–H groups in total. The summed E-state index contributed by atoms with van der Waals surface area (Å²) in [6, 6.07) is 10.8. The van der Waals surface area contributed by atoms with Gasteiger partial charge in [-0.3, -0.25) is 10.1 Å². The highest BCUT2D eigenvalue weighted by molar-refractivity contribution is 6.35. The van der Waals surface area contributed by atoms with Gasteiger partial charge in [0.15, 0.2) is 10.8 Å². The predicted octanol–water partition coefficient (Wildman–Crippen LogP) is 2.63. The van der Waals surface area contributed by atoms with Crippen molar-refractivity contribution in [2.45, 2.75) is 6.54 Å². The van der Waals surface area contributed by atoms with Crippen LogP contribution in [-0.2, 0) is 6.54 Å². The molecule has 0 radical (unpaired) electrons. The number of aromatic nitrogens is 7. The van der Waals surface area contributed by atoms with Gasteiger partial charge in [0.2, 0.25) is 0 Å². The van der Waals surface area contributed by atoms with Crippen LogP contribution in [0.1, 0.15) is 5.56 Å². The van der Waals surface area contributed by atoms with Crippen molar-refractivity contribution in [3.63, 3.8) is 0 Å². The molecule has 0 aliphatic carbocycles. The van der Waals surface area contributed by atoms with Crippen molar-refractivity contribution < 1.29 is 4.92 Å². The van der Waals surface area contributed by atoms with Crippen molar-refractivity contribution in [2.24, 2.45) is 0 Å². The second-order valence-corrected chi connectivity index (χ2v) is 6.24. The molecule has 0 aliphatic heterocycles. The lowest BCUT2D eigenvalue weighted by atomic mass is 10.1. The molecule has 132 valence electrons. The smallest absolute Gasteiger partial charge is 0.258 e.